The minimum absolute atomic E-state index is 0.0171. The van der Waals surface area contributed by atoms with Gasteiger partial charge in [-0.15, -0.1) is 0 Å². The third-order valence-electron chi connectivity index (χ3n) is 2.77. The average molecular weight is 314 g/mol. The number of hydrogen-bond donors (Lipinski definition) is 3. The summed E-state index contributed by atoms with van der Waals surface area (Å²) in [5.74, 6) is -2.62. The van der Waals surface area contributed by atoms with Gasteiger partial charge >= 0.3 is 11.9 Å². The minimum atomic E-state index is -1.18. The summed E-state index contributed by atoms with van der Waals surface area (Å²) in [6, 6.07) is 5.63. The van der Waals surface area contributed by atoms with Gasteiger partial charge in [0.1, 0.15) is 6.04 Å². The molecule has 0 aliphatic carbocycles. The van der Waals surface area contributed by atoms with E-state index in [0.717, 1.165) is 0 Å². The molecule has 114 valence electrons. The Hall–Kier alpha value is -2.08. The van der Waals surface area contributed by atoms with Crippen LogP contribution < -0.4 is 5.32 Å². The Bertz CT molecular complexity index is 532. The monoisotopic (exact) mass is 313 g/mol. The molecule has 0 saturated heterocycles. The molecule has 1 atom stereocenters. The van der Waals surface area contributed by atoms with Crippen LogP contribution in [0.3, 0.4) is 0 Å². The van der Waals surface area contributed by atoms with E-state index >= 15 is 0 Å². The Morgan fingerprint density at radius 1 is 1.24 bits per heavy atom. The van der Waals surface area contributed by atoms with Crippen molar-refractivity contribution in [3.63, 3.8) is 0 Å². The fourth-order valence-corrected chi connectivity index (χ4v) is 2.01. The van der Waals surface area contributed by atoms with Crippen molar-refractivity contribution in [1.29, 1.82) is 0 Å². The van der Waals surface area contributed by atoms with Gasteiger partial charge in [-0.25, -0.2) is 4.79 Å². The summed E-state index contributed by atoms with van der Waals surface area (Å²) in [6.45, 7) is 0. The van der Waals surface area contributed by atoms with Gasteiger partial charge in [0.2, 0.25) is 5.91 Å². The van der Waals surface area contributed by atoms with E-state index in [1.807, 2.05) is 0 Å². The number of benzene rings is 1. The maximum atomic E-state index is 11.8. The molecule has 1 rings (SSSR count). The molecule has 0 unspecified atom stereocenters. The van der Waals surface area contributed by atoms with E-state index in [9.17, 15) is 14.4 Å². The number of aliphatic carboxylic acids is 2. The van der Waals surface area contributed by atoms with Gasteiger partial charge in [0.05, 0.1) is 6.42 Å². The van der Waals surface area contributed by atoms with Crippen LogP contribution in [-0.4, -0.2) is 34.1 Å². The largest absolute Gasteiger partial charge is 0.481 e. The first-order valence-electron chi connectivity index (χ1n) is 6.37. The zero-order valence-electron chi connectivity index (χ0n) is 11.2. The van der Waals surface area contributed by atoms with E-state index in [2.05, 4.69) is 5.32 Å². The summed E-state index contributed by atoms with van der Waals surface area (Å²) in [4.78, 5) is 33.2. The topological polar surface area (TPSA) is 104 Å². The first-order chi connectivity index (χ1) is 9.88. The second-order valence-corrected chi connectivity index (χ2v) is 4.99. The number of carbonyl (C=O) groups excluding carboxylic acids is 1. The van der Waals surface area contributed by atoms with Crippen LogP contribution in [0, 0.1) is 0 Å². The lowest BCUT2D eigenvalue weighted by Crippen LogP contribution is -2.41. The van der Waals surface area contributed by atoms with Crippen molar-refractivity contribution >= 4 is 29.4 Å². The second-order valence-electron chi connectivity index (χ2n) is 4.55. The van der Waals surface area contributed by atoms with Crippen molar-refractivity contribution in [1.82, 2.24) is 5.32 Å². The lowest BCUT2D eigenvalue weighted by Gasteiger charge is -2.14. The highest BCUT2D eigenvalue weighted by atomic mass is 35.5. The molecule has 1 amide bonds. The summed E-state index contributed by atoms with van der Waals surface area (Å²) in [6.07, 6.45) is 0.143. The van der Waals surface area contributed by atoms with Crippen LogP contribution in [0.15, 0.2) is 24.3 Å². The zero-order chi connectivity index (χ0) is 15.8. The smallest absolute Gasteiger partial charge is 0.326 e. The van der Waals surface area contributed by atoms with E-state index in [1.165, 1.54) is 0 Å². The van der Waals surface area contributed by atoms with Crippen molar-refractivity contribution in [2.45, 2.75) is 31.7 Å². The highest BCUT2D eigenvalue weighted by molar-refractivity contribution is 6.30. The first kappa shape index (κ1) is 17.0. The van der Waals surface area contributed by atoms with E-state index < -0.39 is 23.9 Å². The maximum Gasteiger partial charge on any atom is 0.326 e. The van der Waals surface area contributed by atoms with Crippen LogP contribution in [0.25, 0.3) is 0 Å². The SMILES string of the molecule is O=C(O)CCC[C@@H](NC(=O)Cc1cccc(Cl)c1)C(=O)O. The zero-order valence-corrected chi connectivity index (χ0v) is 12.0. The van der Waals surface area contributed by atoms with E-state index in [0.29, 0.717) is 10.6 Å². The molecule has 0 aliphatic heterocycles. The van der Waals surface area contributed by atoms with Crippen LogP contribution in [0.1, 0.15) is 24.8 Å². The molecule has 6 nitrogen and oxygen atoms in total. The molecule has 0 aliphatic rings. The average Bonchev–Trinajstić information content (AvgIpc) is 2.36. The Kier molecular flexibility index (Phi) is 6.68. The van der Waals surface area contributed by atoms with Gasteiger partial charge in [0.25, 0.3) is 0 Å². The standard InChI is InChI=1S/C14H16ClNO5/c15-10-4-1-3-9(7-10)8-12(17)16-11(14(20)21)5-2-6-13(18)19/h1,3-4,7,11H,2,5-6,8H2,(H,16,17)(H,18,19)(H,20,21)/t11-/m1/s1. The quantitative estimate of drug-likeness (QED) is 0.678. The molecule has 1 aromatic carbocycles. The van der Waals surface area contributed by atoms with Gasteiger partial charge in [0, 0.05) is 11.4 Å². The van der Waals surface area contributed by atoms with Crippen LogP contribution in [0.2, 0.25) is 5.02 Å². The summed E-state index contributed by atoms with van der Waals surface area (Å²) < 4.78 is 0. The number of amides is 1. The van der Waals surface area contributed by atoms with Crippen molar-refractivity contribution in [3.8, 4) is 0 Å². The van der Waals surface area contributed by atoms with Crippen molar-refractivity contribution < 1.29 is 24.6 Å². The molecule has 0 saturated carbocycles. The predicted octanol–water partition coefficient (Wildman–Crippen LogP) is 1.71. The molecule has 21 heavy (non-hydrogen) atoms. The van der Waals surface area contributed by atoms with E-state index in [1.54, 1.807) is 24.3 Å². The highest BCUT2D eigenvalue weighted by Crippen LogP contribution is 2.11. The number of nitrogens with one attached hydrogen (secondary N) is 1. The fraction of sp³-hybridized carbons (Fsp3) is 0.357. The molecule has 0 fully saturated rings. The molecule has 0 aromatic heterocycles. The molecule has 0 spiro atoms. The van der Waals surface area contributed by atoms with Gasteiger partial charge in [-0.3, -0.25) is 9.59 Å². The number of halogens is 1. The molecule has 0 bridgehead atoms. The third kappa shape index (κ3) is 6.76. The van der Waals surface area contributed by atoms with Gasteiger partial charge in [-0.2, -0.15) is 0 Å². The molecule has 7 heteroatoms. The number of carboxylic acid groups (broad SMARTS) is 2. The molecule has 0 radical (unpaired) electrons. The van der Waals surface area contributed by atoms with Gasteiger partial charge in [0.15, 0.2) is 0 Å². The molecular formula is C14H16ClNO5. The maximum absolute atomic E-state index is 11.8. The van der Waals surface area contributed by atoms with Crippen molar-refractivity contribution in [3.05, 3.63) is 34.9 Å². The number of carboxylic acids is 2. The molecule has 0 heterocycles. The normalized spacial score (nSPS) is 11.7. The lowest BCUT2D eigenvalue weighted by molar-refractivity contribution is -0.142. The predicted molar refractivity (Wildman–Crippen MR) is 76.2 cm³/mol. The highest BCUT2D eigenvalue weighted by Gasteiger charge is 2.20. The second kappa shape index (κ2) is 8.26. The van der Waals surface area contributed by atoms with E-state index in [-0.39, 0.29) is 25.7 Å². The Morgan fingerprint density at radius 3 is 2.52 bits per heavy atom. The van der Waals surface area contributed by atoms with Crippen molar-refractivity contribution in [2.24, 2.45) is 0 Å². The summed E-state index contributed by atoms with van der Waals surface area (Å²) in [5, 5.41) is 20.4. The van der Waals surface area contributed by atoms with Crippen LogP contribution in [-0.2, 0) is 20.8 Å². The Labute approximate surface area is 126 Å². The molecular weight excluding hydrogens is 298 g/mol. The van der Waals surface area contributed by atoms with Gasteiger partial charge < -0.3 is 15.5 Å². The number of rotatable bonds is 8. The Balaban J connectivity index is 2.52. The summed E-state index contributed by atoms with van der Waals surface area (Å²) in [7, 11) is 0. The van der Waals surface area contributed by atoms with Gasteiger partial charge in [-0.1, -0.05) is 23.7 Å². The first-order valence-corrected chi connectivity index (χ1v) is 6.74. The van der Waals surface area contributed by atoms with E-state index in [4.69, 9.17) is 21.8 Å². The summed E-state index contributed by atoms with van der Waals surface area (Å²) >= 11 is 5.80. The lowest BCUT2D eigenvalue weighted by atomic mass is 10.1. The minimum Gasteiger partial charge on any atom is -0.481 e. The van der Waals surface area contributed by atoms with Crippen LogP contribution in [0.5, 0.6) is 0 Å². The third-order valence-corrected chi connectivity index (χ3v) is 3.01. The number of carbonyl (C=O) groups is 3. The van der Waals surface area contributed by atoms with Gasteiger partial charge in [-0.05, 0) is 30.5 Å². The van der Waals surface area contributed by atoms with Crippen molar-refractivity contribution in [2.75, 3.05) is 0 Å². The van der Waals surface area contributed by atoms with Crippen LogP contribution in [0.4, 0.5) is 0 Å². The fourth-order valence-electron chi connectivity index (χ4n) is 1.79. The molecule has 1 aromatic rings. The molecule has 3 N–H and O–H groups in total. The Morgan fingerprint density at radius 2 is 1.95 bits per heavy atom. The number of hydrogen-bond acceptors (Lipinski definition) is 3. The van der Waals surface area contributed by atoms with Crippen LogP contribution >= 0.6 is 11.6 Å². The summed E-state index contributed by atoms with van der Waals surface area (Å²) in [5.41, 5.74) is 0.676.